The maximum atomic E-state index is 11.3. The molecule has 1 rings (SSSR count). The number of nitrogens with one attached hydrogen (secondary N) is 2. The van der Waals surface area contributed by atoms with Crippen molar-refractivity contribution in [1.29, 1.82) is 0 Å². The second kappa shape index (κ2) is 8.19. The van der Waals surface area contributed by atoms with Crippen LogP contribution in [0.1, 0.15) is 13.8 Å². The molecule has 0 heterocycles. The van der Waals surface area contributed by atoms with Crippen molar-refractivity contribution in [2.45, 2.75) is 26.0 Å². The first-order valence-electron chi connectivity index (χ1n) is 6.19. The lowest BCUT2D eigenvalue weighted by atomic mass is 10.3. The van der Waals surface area contributed by atoms with Gasteiger partial charge >= 0.3 is 6.03 Å². The molecule has 1 aromatic rings. The summed E-state index contributed by atoms with van der Waals surface area (Å²) in [5, 5.41) is 15.6. The van der Waals surface area contributed by atoms with Crippen LogP contribution in [0.25, 0.3) is 0 Å². The van der Waals surface area contributed by atoms with E-state index in [1.165, 1.54) is 0 Å². The summed E-state index contributed by atoms with van der Waals surface area (Å²) in [6, 6.07) is 4.70. The van der Waals surface area contributed by atoms with E-state index in [0.717, 1.165) is 0 Å². The van der Waals surface area contributed by atoms with E-state index in [9.17, 15) is 9.90 Å². The maximum absolute atomic E-state index is 11.3. The molecule has 20 heavy (non-hydrogen) atoms. The first-order chi connectivity index (χ1) is 9.40. The summed E-state index contributed by atoms with van der Waals surface area (Å²) in [5.74, 6) is 0.393. The van der Waals surface area contributed by atoms with Crippen LogP contribution in [-0.4, -0.2) is 36.4 Å². The third kappa shape index (κ3) is 5.86. The van der Waals surface area contributed by atoms with Crippen molar-refractivity contribution in [3.8, 4) is 5.75 Å². The highest BCUT2D eigenvalue weighted by Gasteiger charge is 2.11. The van der Waals surface area contributed by atoms with Gasteiger partial charge in [0.25, 0.3) is 0 Å². The van der Waals surface area contributed by atoms with Crippen molar-refractivity contribution in [1.82, 2.24) is 10.6 Å². The molecule has 0 aliphatic rings. The van der Waals surface area contributed by atoms with Gasteiger partial charge in [0, 0.05) is 12.6 Å². The summed E-state index contributed by atoms with van der Waals surface area (Å²) in [7, 11) is 0. The molecule has 2 amide bonds. The molecule has 0 aliphatic heterocycles. The number of urea groups is 1. The molecule has 0 spiro atoms. The highest BCUT2D eigenvalue weighted by Crippen LogP contribution is 2.31. The van der Waals surface area contributed by atoms with Crippen molar-refractivity contribution in [3.63, 3.8) is 0 Å². The van der Waals surface area contributed by atoms with E-state index in [-0.39, 0.29) is 25.2 Å². The van der Waals surface area contributed by atoms with Gasteiger partial charge in [-0.15, -0.1) is 0 Å². The Morgan fingerprint density at radius 3 is 2.75 bits per heavy atom. The zero-order chi connectivity index (χ0) is 15.1. The van der Waals surface area contributed by atoms with Gasteiger partial charge in [0.1, 0.15) is 23.5 Å². The Labute approximate surface area is 128 Å². The highest BCUT2D eigenvalue weighted by atomic mass is 35.5. The van der Waals surface area contributed by atoms with Crippen LogP contribution in [0.15, 0.2) is 18.2 Å². The highest BCUT2D eigenvalue weighted by molar-refractivity contribution is 6.42. The largest absolute Gasteiger partial charge is 0.489 e. The number of hydrogen-bond donors (Lipinski definition) is 3. The molecule has 0 saturated carbocycles. The van der Waals surface area contributed by atoms with Crippen molar-refractivity contribution in [2.24, 2.45) is 0 Å². The van der Waals surface area contributed by atoms with Gasteiger partial charge in [0.2, 0.25) is 0 Å². The molecule has 0 aliphatic carbocycles. The van der Waals surface area contributed by atoms with Crippen LogP contribution in [0.5, 0.6) is 5.75 Å². The fraction of sp³-hybridized carbons (Fsp3) is 0.462. The number of carbonyl (C=O) groups excluding carboxylic acids is 1. The fourth-order valence-corrected chi connectivity index (χ4v) is 1.71. The average Bonchev–Trinajstić information content (AvgIpc) is 2.37. The lowest BCUT2D eigenvalue weighted by Gasteiger charge is -2.15. The van der Waals surface area contributed by atoms with Crippen molar-refractivity contribution in [2.75, 3.05) is 13.2 Å². The first kappa shape index (κ1) is 16.9. The Kier molecular flexibility index (Phi) is 6.91. The Hall–Kier alpha value is -1.17. The summed E-state index contributed by atoms with van der Waals surface area (Å²) in [6.07, 6.45) is -0.844. The fourth-order valence-electron chi connectivity index (χ4n) is 1.36. The van der Waals surface area contributed by atoms with E-state index in [1.807, 2.05) is 13.8 Å². The third-order valence-electron chi connectivity index (χ3n) is 2.27. The predicted molar refractivity (Wildman–Crippen MR) is 79.6 cm³/mol. The van der Waals surface area contributed by atoms with Crippen molar-refractivity contribution >= 4 is 29.2 Å². The number of aliphatic hydroxyl groups excluding tert-OH is 1. The van der Waals surface area contributed by atoms with Crippen LogP contribution in [-0.2, 0) is 0 Å². The van der Waals surface area contributed by atoms with Crippen LogP contribution >= 0.6 is 23.2 Å². The molecule has 1 unspecified atom stereocenters. The van der Waals surface area contributed by atoms with Crippen LogP contribution < -0.4 is 15.4 Å². The van der Waals surface area contributed by atoms with Gasteiger partial charge in [-0.25, -0.2) is 4.79 Å². The molecule has 1 aromatic carbocycles. The summed E-state index contributed by atoms with van der Waals surface area (Å²) in [5.41, 5.74) is 0. The topological polar surface area (TPSA) is 70.6 Å². The molecule has 7 heteroatoms. The minimum atomic E-state index is -0.844. The normalized spacial score (nSPS) is 12.1. The average molecular weight is 321 g/mol. The molecule has 0 aromatic heterocycles. The lowest BCUT2D eigenvalue weighted by molar-refractivity contribution is 0.108. The number of benzene rings is 1. The smallest absolute Gasteiger partial charge is 0.315 e. The SMILES string of the molecule is CC(C)NC(=O)NCC(O)COc1cccc(Cl)c1Cl. The van der Waals surface area contributed by atoms with Gasteiger partial charge in [-0.1, -0.05) is 29.3 Å². The van der Waals surface area contributed by atoms with E-state index in [0.29, 0.717) is 15.8 Å². The van der Waals surface area contributed by atoms with Crippen molar-refractivity contribution in [3.05, 3.63) is 28.2 Å². The summed E-state index contributed by atoms with van der Waals surface area (Å²) in [6.45, 7) is 3.78. The van der Waals surface area contributed by atoms with Crippen LogP contribution in [0, 0.1) is 0 Å². The minimum Gasteiger partial charge on any atom is -0.489 e. The van der Waals surface area contributed by atoms with Crippen molar-refractivity contribution < 1.29 is 14.6 Å². The Balaban J connectivity index is 2.34. The quantitative estimate of drug-likeness (QED) is 0.754. The number of aliphatic hydroxyl groups is 1. The number of hydrogen-bond acceptors (Lipinski definition) is 3. The number of ether oxygens (including phenoxy) is 1. The van der Waals surface area contributed by atoms with E-state index < -0.39 is 6.10 Å². The minimum absolute atomic E-state index is 0.00200. The lowest BCUT2D eigenvalue weighted by Crippen LogP contribution is -2.43. The summed E-state index contributed by atoms with van der Waals surface area (Å²) in [4.78, 5) is 11.3. The van der Waals surface area contributed by atoms with Gasteiger partial charge in [0.05, 0.1) is 5.02 Å². The number of halogens is 2. The summed E-state index contributed by atoms with van der Waals surface area (Å²) >= 11 is 11.8. The molecular formula is C13H18Cl2N2O3. The molecule has 0 radical (unpaired) electrons. The monoisotopic (exact) mass is 320 g/mol. The molecular weight excluding hydrogens is 303 g/mol. The first-order valence-corrected chi connectivity index (χ1v) is 6.95. The Bertz CT molecular complexity index is 455. The molecule has 1 atom stereocenters. The Morgan fingerprint density at radius 1 is 1.40 bits per heavy atom. The second-order valence-electron chi connectivity index (χ2n) is 4.53. The molecule has 3 N–H and O–H groups in total. The zero-order valence-corrected chi connectivity index (χ0v) is 12.8. The Morgan fingerprint density at radius 2 is 2.10 bits per heavy atom. The number of rotatable bonds is 6. The standard InChI is InChI=1S/C13H18Cl2N2O3/c1-8(2)17-13(19)16-6-9(18)7-20-11-5-3-4-10(14)12(11)15/h3-5,8-9,18H,6-7H2,1-2H3,(H2,16,17,19). The molecule has 0 saturated heterocycles. The molecule has 112 valence electrons. The van der Waals surface area contributed by atoms with Gasteiger partial charge in [-0.3, -0.25) is 0 Å². The van der Waals surface area contributed by atoms with Gasteiger partial charge in [-0.2, -0.15) is 0 Å². The molecule has 0 fully saturated rings. The van der Waals surface area contributed by atoms with Crippen LogP contribution in [0.3, 0.4) is 0 Å². The molecule has 5 nitrogen and oxygen atoms in total. The summed E-state index contributed by atoms with van der Waals surface area (Å²) < 4.78 is 5.35. The van der Waals surface area contributed by atoms with E-state index in [4.69, 9.17) is 27.9 Å². The third-order valence-corrected chi connectivity index (χ3v) is 3.07. The number of amides is 2. The second-order valence-corrected chi connectivity index (χ2v) is 5.31. The van der Waals surface area contributed by atoms with Gasteiger partial charge < -0.3 is 20.5 Å². The van der Waals surface area contributed by atoms with Crippen LogP contribution in [0.2, 0.25) is 10.0 Å². The zero-order valence-electron chi connectivity index (χ0n) is 11.3. The predicted octanol–water partition coefficient (Wildman–Crippen LogP) is 2.44. The van der Waals surface area contributed by atoms with Gasteiger partial charge in [0.15, 0.2) is 0 Å². The maximum Gasteiger partial charge on any atom is 0.315 e. The number of carbonyl (C=O) groups is 1. The van der Waals surface area contributed by atoms with Crippen LogP contribution in [0.4, 0.5) is 4.79 Å². The van der Waals surface area contributed by atoms with E-state index in [2.05, 4.69) is 10.6 Å². The molecule has 0 bridgehead atoms. The van der Waals surface area contributed by atoms with E-state index >= 15 is 0 Å². The van der Waals surface area contributed by atoms with E-state index in [1.54, 1.807) is 18.2 Å². The van der Waals surface area contributed by atoms with Gasteiger partial charge in [-0.05, 0) is 26.0 Å².